The van der Waals surface area contributed by atoms with Crippen molar-refractivity contribution in [3.05, 3.63) is 95.2 Å². The van der Waals surface area contributed by atoms with Gasteiger partial charge in [-0.05, 0) is 67.9 Å². The first-order chi connectivity index (χ1) is 15.5. The summed E-state index contributed by atoms with van der Waals surface area (Å²) in [5.74, 6) is 7.67. The molecule has 160 valence electrons. The Balaban J connectivity index is 1.64. The van der Waals surface area contributed by atoms with Gasteiger partial charge in [0.25, 0.3) is 0 Å². The highest BCUT2D eigenvalue weighted by Gasteiger charge is 2.17. The number of aromatic nitrogens is 1. The summed E-state index contributed by atoms with van der Waals surface area (Å²) >= 11 is 0. The fourth-order valence-electron chi connectivity index (χ4n) is 3.55. The molecule has 4 nitrogen and oxygen atoms in total. The van der Waals surface area contributed by atoms with E-state index in [1.165, 1.54) is 0 Å². The Hall–Kier alpha value is -3.97. The van der Waals surface area contributed by atoms with Crippen molar-refractivity contribution in [2.75, 3.05) is 7.11 Å². The predicted molar refractivity (Wildman–Crippen MR) is 128 cm³/mol. The first-order valence-corrected chi connectivity index (χ1v) is 10.6. The maximum Gasteiger partial charge on any atom is 0.171 e. The van der Waals surface area contributed by atoms with Gasteiger partial charge in [-0.2, -0.15) is 0 Å². The molecule has 0 aliphatic rings. The third kappa shape index (κ3) is 4.84. The number of Topliss-reactive ketones (excluding diaryl/α,β-unsaturated/α-hetero) is 1. The average Bonchev–Trinajstić information content (AvgIpc) is 3.21. The second kappa shape index (κ2) is 9.45. The molecule has 4 aromatic rings. The third-order valence-electron chi connectivity index (χ3n) is 5.11. The summed E-state index contributed by atoms with van der Waals surface area (Å²) in [6.07, 6.45) is 2.15. The zero-order valence-corrected chi connectivity index (χ0v) is 18.4. The van der Waals surface area contributed by atoms with Gasteiger partial charge in [0.05, 0.1) is 18.8 Å². The molecule has 1 heterocycles. The van der Waals surface area contributed by atoms with Crippen LogP contribution in [0.15, 0.2) is 72.9 Å². The van der Waals surface area contributed by atoms with Crippen molar-refractivity contribution in [1.29, 1.82) is 0 Å². The Morgan fingerprint density at radius 1 is 0.969 bits per heavy atom. The van der Waals surface area contributed by atoms with Gasteiger partial charge < -0.3 is 14.5 Å². The lowest BCUT2D eigenvalue weighted by Gasteiger charge is -2.14. The van der Waals surface area contributed by atoms with E-state index < -0.39 is 0 Å². The predicted octanol–water partition coefficient (Wildman–Crippen LogP) is 5.79. The van der Waals surface area contributed by atoms with E-state index in [2.05, 4.69) is 16.8 Å². The molecule has 0 radical (unpaired) electrons. The highest BCUT2D eigenvalue weighted by atomic mass is 16.5. The first-order valence-electron chi connectivity index (χ1n) is 10.6. The number of methoxy groups -OCH3 is 1. The van der Waals surface area contributed by atoms with E-state index in [1.807, 2.05) is 86.8 Å². The highest BCUT2D eigenvalue weighted by molar-refractivity contribution is 6.02. The Morgan fingerprint density at radius 3 is 2.44 bits per heavy atom. The topological polar surface area (TPSA) is 51.3 Å². The van der Waals surface area contributed by atoms with Gasteiger partial charge in [-0.25, -0.2) is 0 Å². The van der Waals surface area contributed by atoms with Crippen LogP contribution in [0.2, 0.25) is 0 Å². The van der Waals surface area contributed by atoms with E-state index in [1.54, 1.807) is 7.11 Å². The van der Waals surface area contributed by atoms with Crippen molar-refractivity contribution >= 4 is 16.7 Å². The summed E-state index contributed by atoms with van der Waals surface area (Å²) in [7, 11) is 1.64. The standard InChI is InChI=1S/C28H25NO3/c1-19(2)32-28-15-12-21(9-8-20-10-13-23(31-3)14-11-20)16-25(28)27(30)17-22-18-29-26-7-5-4-6-24(22)26/h4-7,10-16,18-19,29H,17H2,1-3H3. The molecular weight excluding hydrogens is 398 g/mol. The van der Waals surface area contributed by atoms with Crippen molar-refractivity contribution in [1.82, 2.24) is 4.98 Å². The van der Waals surface area contributed by atoms with Crippen LogP contribution >= 0.6 is 0 Å². The molecule has 1 N–H and O–H groups in total. The minimum atomic E-state index is -0.0362. The molecule has 0 atom stereocenters. The molecule has 0 saturated heterocycles. The molecule has 0 aliphatic heterocycles. The second-order valence-electron chi connectivity index (χ2n) is 7.82. The van der Waals surface area contributed by atoms with Crippen LogP contribution in [0.1, 0.15) is 40.9 Å². The number of carbonyl (C=O) groups is 1. The van der Waals surface area contributed by atoms with Gasteiger partial charge in [0.2, 0.25) is 0 Å². The molecule has 3 aromatic carbocycles. The third-order valence-corrected chi connectivity index (χ3v) is 5.11. The van der Waals surface area contributed by atoms with Crippen LogP contribution in [-0.2, 0) is 6.42 Å². The van der Waals surface area contributed by atoms with Gasteiger partial charge in [0.1, 0.15) is 11.5 Å². The summed E-state index contributed by atoms with van der Waals surface area (Å²) in [6.45, 7) is 3.90. The largest absolute Gasteiger partial charge is 0.497 e. The van der Waals surface area contributed by atoms with Crippen LogP contribution in [0.4, 0.5) is 0 Å². The van der Waals surface area contributed by atoms with Gasteiger partial charge in [-0.3, -0.25) is 4.79 Å². The number of carbonyl (C=O) groups excluding carboxylic acids is 1. The normalized spacial score (nSPS) is 10.6. The molecule has 1 aromatic heterocycles. The highest BCUT2D eigenvalue weighted by Crippen LogP contribution is 2.25. The van der Waals surface area contributed by atoms with Gasteiger partial charge in [0.15, 0.2) is 5.78 Å². The van der Waals surface area contributed by atoms with Gasteiger partial charge in [-0.1, -0.05) is 30.0 Å². The molecule has 0 spiro atoms. The summed E-state index contributed by atoms with van der Waals surface area (Å²) in [5, 5.41) is 1.06. The zero-order valence-electron chi connectivity index (χ0n) is 18.4. The number of rotatable bonds is 6. The summed E-state index contributed by atoms with van der Waals surface area (Å²) in [6, 6.07) is 21.1. The minimum Gasteiger partial charge on any atom is -0.497 e. The van der Waals surface area contributed by atoms with Crippen molar-refractivity contribution in [2.24, 2.45) is 0 Å². The van der Waals surface area contributed by atoms with Gasteiger partial charge in [-0.15, -0.1) is 0 Å². The number of H-pyrrole nitrogens is 1. The SMILES string of the molecule is COc1ccc(C#Cc2ccc(OC(C)C)c(C(=O)Cc3c[nH]c4ccccc34)c2)cc1. The van der Waals surface area contributed by atoms with Gasteiger partial charge >= 0.3 is 0 Å². The van der Waals surface area contributed by atoms with Crippen LogP contribution in [0.25, 0.3) is 10.9 Å². The minimum absolute atomic E-state index is 0.00139. The van der Waals surface area contributed by atoms with Crippen LogP contribution in [-0.4, -0.2) is 24.0 Å². The number of fused-ring (bicyclic) bond motifs is 1. The first kappa shape index (κ1) is 21.3. The summed E-state index contributed by atoms with van der Waals surface area (Å²) in [5.41, 5.74) is 4.17. The fraction of sp³-hybridized carbons (Fsp3) is 0.179. The maximum absolute atomic E-state index is 13.3. The number of benzene rings is 3. The Kier molecular flexibility index (Phi) is 6.28. The Morgan fingerprint density at radius 2 is 1.69 bits per heavy atom. The number of para-hydroxylation sites is 1. The number of ketones is 1. The average molecular weight is 424 g/mol. The van der Waals surface area contributed by atoms with Crippen molar-refractivity contribution in [2.45, 2.75) is 26.4 Å². The lowest BCUT2D eigenvalue weighted by molar-refractivity contribution is 0.0987. The number of aromatic amines is 1. The quantitative estimate of drug-likeness (QED) is 0.315. The molecule has 4 rings (SSSR count). The molecule has 0 saturated carbocycles. The lowest BCUT2D eigenvalue weighted by Crippen LogP contribution is -2.11. The maximum atomic E-state index is 13.3. The van der Waals surface area contributed by atoms with Crippen molar-refractivity contribution < 1.29 is 14.3 Å². The van der Waals surface area contributed by atoms with E-state index >= 15 is 0 Å². The van der Waals surface area contributed by atoms with E-state index in [4.69, 9.17) is 9.47 Å². The number of hydrogen-bond acceptors (Lipinski definition) is 3. The fourth-order valence-corrected chi connectivity index (χ4v) is 3.55. The molecular formula is C28H25NO3. The lowest BCUT2D eigenvalue weighted by atomic mass is 9.99. The number of nitrogens with one attached hydrogen (secondary N) is 1. The van der Waals surface area contributed by atoms with Crippen LogP contribution in [0.5, 0.6) is 11.5 Å². The molecule has 0 bridgehead atoms. The molecule has 0 aliphatic carbocycles. The van der Waals surface area contributed by atoms with Gasteiger partial charge in [0, 0.05) is 34.6 Å². The molecule has 4 heteroatoms. The van der Waals surface area contributed by atoms with Crippen molar-refractivity contribution in [3.8, 4) is 23.3 Å². The van der Waals surface area contributed by atoms with E-state index in [-0.39, 0.29) is 18.3 Å². The second-order valence-corrected chi connectivity index (χ2v) is 7.82. The Labute approximate surface area is 188 Å². The number of hydrogen-bond donors (Lipinski definition) is 1. The van der Waals surface area contributed by atoms with Crippen LogP contribution in [0, 0.1) is 11.8 Å². The molecule has 0 unspecified atom stereocenters. The zero-order chi connectivity index (χ0) is 22.5. The Bertz CT molecular complexity index is 1300. The van der Waals surface area contributed by atoms with Crippen LogP contribution in [0.3, 0.4) is 0 Å². The molecule has 0 fully saturated rings. The van der Waals surface area contributed by atoms with E-state index in [9.17, 15) is 4.79 Å². The van der Waals surface area contributed by atoms with Crippen molar-refractivity contribution in [3.63, 3.8) is 0 Å². The van der Waals surface area contributed by atoms with E-state index in [0.717, 1.165) is 33.3 Å². The summed E-state index contributed by atoms with van der Waals surface area (Å²) < 4.78 is 11.1. The number of ether oxygens (including phenoxy) is 2. The van der Waals surface area contributed by atoms with E-state index in [0.29, 0.717) is 11.3 Å². The smallest absolute Gasteiger partial charge is 0.171 e. The summed E-state index contributed by atoms with van der Waals surface area (Å²) in [4.78, 5) is 16.5. The van der Waals surface area contributed by atoms with Crippen LogP contribution < -0.4 is 9.47 Å². The molecule has 32 heavy (non-hydrogen) atoms. The molecule has 0 amide bonds. The monoisotopic (exact) mass is 423 g/mol.